The number of hydrogen-bond donors (Lipinski definition) is 0. The summed E-state index contributed by atoms with van der Waals surface area (Å²) < 4.78 is 5.27. The largest absolute Gasteiger partial charge is 0.467 e. The Morgan fingerprint density at radius 2 is 1.45 bits per heavy atom. The van der Waals surface area contributed by atoms with E-state index in [0.717, 1.165) is 16.8 Å². The van der Waals surface area contributed by atoms with Crippen molar-refractivity contribution in [2.45, 2.75) is 18.0 Å². The maximum atomic E-state index is 14.2. The number of fused-ring (bicyclic) bond motifs is 5. The molecule has 1 fully saturated rings. The van der Waals surface area contributed by atoms with Gasteiger partial charge in [-0.05, 0) is 17.2 Å². The molecule has 0 aromatic heterocycles. The first-order valence-electron chi connectivity index (χ1n) is 11.0. The Bertz CT molecular complexity index is 1310. The normalized spacial score (nSPS) is 23.9. The predicted octanol–water partition coefficient (Wildman–Crippen LogP) is 4.29. The first-order valence-corrected chi connectivity index (χ1v) is 11.0. The SMILES string of the molecule is COC(=O)[C@H]1[C@H](c2ccccc2)C2(C(=O)c3ccccc3C2=O)[C@@H]2C=Cc3ccccc3N21. The van der Waals surface area contributed by atoms with Crippen molar-refractivity contribution in [3.8, 4) is 0 Å². The number of carbonyl (C=O) groups is 3. The van der Waals surface area contributed by atoms with Gasteiger partial charge in [-0.2, -0.15) is 0 Å². The summed E-state index contributed by atoms with van der Waals surface area (Å²) >= 11 is 0. The van der Waals surface area contributed by atoms with Gasteiger partial charge >= 0.3 is 5.97 Å². The smallest absolute Gasteiger partial charge is 0.329 e. The summed E-state index contributed by atoms with van der Waals surface area (Å²) in [7, 11) is 1.35. The van der Waals surface area contributed by atoms with E-state index in [1.807, 2.05) is 71.6 Å². The molecule has 5 heteroatoms. The number of esters is 1. The molecule has 5 nitrogen and oxygen atoms in total. The first kappa shape index (κ1) is 19.7. The van der Waals surface area contributed by atoms with Crippen LogP contribution in [0.2, 0.25) is 0 Å². The van der Waals surface area contributed by atoms with E-state index in [1.54, 1.807) is 24.3 Å². The van der Waals surface area contributed by atoms with Crippen molar-refractivity contribution in [2.75, 3.05) is 12.0 Å². The van der Waals surface area contributed by atoms with Gasteiger partial charge in [-0.25, -0.2) is 4.79 Å². The summed E-state index contributed by atoms with van der Waals surface area (Å²) in [5.74, 6) is -1.64. The van der Waals surface area contributed by atoms with Crippen molar-refractivity contribution >= 4 is 29.3 Å². The van der Waals surface area contributed by atoms with Crippen molar-refractivity contribution in [1.29, 1.82) is 0 Å². The third-order valence-electron chi connectivity index (χ3n) is 7.31. The van der Waals surface area contributed by atoms with Crippen molar-refractivity contribution < 1.29 is 19.1 Å². The second-order valence-corrected chi connectivity index (χ2v) is 8.70. The lowest BCUT2D eigenvalue weighted by atomic mass is 9.65. The lowest BCUT2D eigenvalue weighted by Gasteiger charge is -2.36. The molecule has 2 aliphatic heterocycles. The molecule has 33 heavy (non-hydrogen) atoms. The Morgan fingerprint density at radius 3 is 2.12 bits per heavy atom. The maximum Gasteiger partial charge on any atom is 0.329 e. The number of para-hydroxylation sites is 1. The Hall–Kier alpha value is -3.99. The van der Waals surface area contributed by atoms with Gasteiger partial charge in [-0.15, -0.1) is 0 Å². The minimum atomic E-state index is -1.46. The van der Waals surface area contributed by atoms with Crippen molar-refractivity contribution in [3.05, 3.63) is 107 Å². The van der Waals surface area contributed by atoms with Crippen LogP contribution < -0.4 is 4.90 Å². The number of hydrogen-bond acceptors (Lipinski definition) is 5. The second kappa shape index (κ2) is 7.01. The van der Waals surface area contributed by atoms with E-state index in [1.165, 1.54) is 7.11 Å². The van der Waals surface area contributed by atoms with Gasteiger partial charge < -0.3 is 9.64 Å². The van der Waals surface area contributed by atoms with Crippen molar-refractivity contribution in [2.24, 2.45) is 5.41 Å². The van der Waals surface area contributed by atoms with Gasteiger partial charge in [0.2, 0.25) is 0 Å². The molecular weight excluding hydrogens is 414 g/mol. The van der Waals surface area contributed by atoms with Gasteiger partial charge in [0.05, 0.1) is 13.2 Å². The molecule has 1 spiro atoms. The molecule has 3 atom stereocenters. The van der Waals surface area contributed by atoms with E-state index in [0.29, 0.717) is 11.1 Å². The average Bonchev–Trinajstić information content (AvgIpc) is 3.31. The molecule has 0 N–H and O–H groups in total. The van der Waals surface area contributed by atoms with E-state index in [4.69, 9.17) is 4.74 Å². The molecule has 3 aliphatic rings. The summed E-state index contributed by atoms with van der Waals surface area (Å²) in [5.41, 5.74) is 1.88. The number of ketones is 2. The molecule has 162 valence electrons. The molecule has 0 unspecified atom stereocenters. The van der Waals surface area contributed by atoms with E-state index in [2.05, 4.69) is 0 Å². The fraction of sp³-hybridized carbons (Fsp3) is 0.179. The average molecular weight is 435 g/mol. The number of nitrogens with zero attached hydrogens (tertiary/aromatic N) is 1. The number of methoxy groups -OCH3 is 1. The van der Waals surface area contributed by atoms with Gasteiger partial charge in [0, 0.05) is 22.7 Å². The monoisotopic (exact) mass is 435 g/mol. The molecular formula is C28H21NO4. The van der Waals surface area contributed by atoms with E-state index in [-0.39, 0.29) is 11.6 Å². The van der Waals surface area contributed by atoms with Gasteiger partial charge in [0.15, 0.2) is 11.6 Å². The highest BCUT2D eigenvalue weighted by Crippen LogP contribution is 2.60. The van der Waals surface area contributed by atoms with Crippen LogP contribution in [0.15, 0.2) is 84.9 Å². The maximum absolute atomic E-state index is 14.2. The Labute approximate surface area is 191 Å². The number of rotatable bonds is 2. The number of Topliss-reactive ketones (excluding diaryl/α,β-unsaturated/α-hetero) is 2. The highest BCUT2D eigenvalue weighted by molar-refractivity contribution is 6.32. The zero-order valence-corrected chi connectivity index (χ0v) is 18.0. The number of benzene rings is 3. The molecule has 1 saturated heterocycles. The van der Waals surface area contributed by atoms with Crippen LogP contribution in [0, 0.1) is 5.41 Å². The van der Waals surface area contributed by atoms with Crippen molar-refractivity contribution in [1.82, 2.24) is 0 Å². The van der Waals surface area contributed by atoms with Crippen LogP contribution in [0.5, 0.6) is 0 Å². The summed E-state index contributed by atoms with van der Waals surface area (Å²) in [6, 6.07) is 22.6. The summed E-state index contributed by atoms with van der Waals surface area (Å²) in [6.07, 6.45) is 3.85. The topological polar surface area (TPSA) is 63.7 Å². The standard InChI is InChI=1S/C28H21NO4/c1-33-27(32)24-23(18-10-3-2-4-11-18)28(25(30)19-12-6-7-13-20(19)26(28)31)22-16-15-17-9-5-8-14-21(17)29(22)24/h2-16,22-24H,1H3/t22-,23-,24+/m0/s1. The summed E-state index contributed by atoms with van der Waals surface area (Å²) in [5, 5.41) is 0. The second-order valence-electron chi connectivity index (χ2n) is 8.70. The molecule has 0 amide bonds. The molecule has 3 aromatic rings. The lowest BCUT2D eigenvalue weighted by Crippen LogP contribution is -2.48. The third-order valence-corrected chi connectivity index (χ3v) is 7.31. The van der Waals surface area contributed by atoms with E-state index < -0.39 is 29.4 Å². The minimum absolute atomic E-state index is 0.234. The molecule has 1 aliphatic carbocycles. The fourth-order valence-electron chi connectivity index (χ4n) is 6.04. The third kappa shape index (κ3) is 2.39. The molecule has 3 aromatic carbocycles. The first-order chi connectivity index (χ1) is 16.1. The van der Waals surface area contributed by atoms with Crippen LogP contribution in [-0.2, 0) is 9.53 Å². The molecule has 0 radical (unpaired) electrons. The van der Waals surface area contributed by atoms with Gasteiger partial charge in [0.1, 0.15) is 11.5 Å². The lowest BCUT2D eigenvalue weighted by molar-refractivity contribution is -0.142. The Kier molecular flexibility index (Phi) is 4.18. The van der Waals surface area contributed by atoms with Crippen LogP contribution in [0.4, 0.5) is 5.69 Å². The van der Waals surface area contributed by atoms with E-state index in [9.17, 15) is 14.4 Å². The van der Waals surface area contributed by atoms with Crippen LogP contribution >= 0.6 is 0 Å². The number of carbonyl (C=O) groups excluding carboxylic acids is 3. The minimum Gasteiger partial charge on any atom is -0.467 e. The zero-order chi connectivity index (χ0) is 22.7. The van der Waals surface area contributed by atoms with Crippen LogP contribution in [0.25, 0.3) is 6.08 Å². The molecule has 0 bridgehead atoms. The van der Waals surface area contributed by atoms with Crippen LogP contribution in [0.3, 0.4) is 0 Å². The number of anilines is 1. The van der Waals surface area contributed by atoms with Gasteiger partial charge in [-0.3, -0.25) is 9.59 Å². The van der Waals surface area contributed by atoms with Gasteiger partial charge in [-0.1, -0.05) is 84.9 Å². The molecule has 0 saturated carbocycles. The van der Waals surface area contributed by atoms with Crippen LogP contribution in [0.1, 0.15) is 37.8 Å². The van der Waals surface area contributed by atoms with Crippen molar-refractivity contribution in [3.63, 3.8) is 0 Å². The number of ether oxygens (including phenoxy) is 1. The zero-order valence-electron chi connectivity index (χ0n) is 18.0. The predicted molar refractivity (Wildman–Crippen MR) is 124 cm³/mol. The van der Waals surface area contributed by atoms with E-state index >= 15 is 0 Å². The van der Waals surface area contributed by atoms with Gasteiger partial charge in [0.25, 0.3) is 0 Å². The molecule has 6 rings (SSSR count). The summed E-state index contributed by atoms with van der Waals surface area (Å²) in [6.45, 7) is 0. The Morgan fingerprint density at radius 1 is 0.848 bits per heavy atom. The Balaban J connectivity index is 1.69. The molecule has 2 heterocycles. The highest BCUT2D eigenvalue weighted by atomic mass is 16.5. The summed E-state index contributed by atoms with van der Waals surface area (Å²) in [4.78, 5) is 43.7. The fourth-order valence-corrected chi connectivity index (χ4v) is 6.04. The highest BCUT2D eigenvalue weighted by Gasteiger charge is 2.71. The quantitative estimate of drug-likeness (QED) is 0.444. The van der Waals surface area contributed by atoms with Crippen LogP contribution in [-0.4, -0.2) is 36.7 Å².